The molecule has 1 aliphatic rings. The Balaban J connectivity index is 2.20. The zero-order valence-corrected chi connectivity index (χ0v) is 13.1. The molecule has 0 fully saturated rings. The number of benzene rings is 1. The lowest BCUT2D eigenvalue weighted by atomic mass is 10.1. The number of hydrogen-bond acceptors (Lipinski definition) is 2. The van der Waals surface area contributed by atoms with E-state index >= 15 is 0 Å². The molecule has 4 heteroatoms. The van der Waals surface area contributed by atoms with E-state index in [9.17, 15) is 9.59 Å². The van der Waals surface area contributed by atoms with E-state index in [0.29, 0.717) is 12.0 Å². The van der Waals surface area contributed by atoms with Crippen molar-refractivity contribution in [3.63, 3.8) is 0 Å². The van der Waals surface area contributed by atoms with Gasteiger partial charge < -0.3 is 10.2 Å². The first-order valence-corrected chi connectivity index (χ1v) is 7.80. The van der Waals surface area contributed by atoms with Gasteiger partial charge in [-0.25, -0.2) is 0 Å². The summed E-state index contributed by atoms with van der Waals surface area (Å²) in [5, 5.41) is 2.81. The number of nitrogens with zero attached hydrogens (tertiary/aromatic N) is 1. The standard InChI is InChI=1S/C17H24N2O2/c1-4-6-9-19(12(3)5-2)17(21)14-8-7-13-11-16(20)18-15(13)10-14/h7-8,10,12H,4-6,9,11H2,1-3H3,(H,18,20). The van der Waals surface area contributed by atoms with Crippen LogP contribution < -0.4 is 5.32 Å². The van der Waals surface area contributed by atoms with Crippen LogP contribution in [0.4, 0.5) is 5.69 Å². The van der Waals surface area contributed by atoms with E-state index in [0.717, 1.165) is 37.1 Å². The first kappa shape index (κ1) is 15.5. The Morgan fingerprint density at radius 1 is 1.38 bits per heavy atom. The summed E-state index contributed by atoms with van der Waals surface area (Å²) in [6, 6.07) is 5.76. The molecule has 0 spiro atoms. The van der Waals surface area contributed by atoms with Crippen molar-refractivity contribution in [1.82, 2.24) is 4.90 Å². The number of hydrogen-bond donors (Lipinski definition) is 1. The predicted octanol–water partition coefficient (Wildman–Crippen LogP) is 3.22. The molecule has 0 radical (unpaired) electrons. The van der Waals surface area contributed by atoms with Gasteiger partial charge >= 0.3 is 0 Å². The molecular formula is C17H24N2O2. The maximum atomic E-state index is 12.7. The Labute approximate surface area is 126 Å². The summed E-state index contributed by atoms with van der Waals surface area (Å²) >= 11 is 0. The number of carbonyl (C=O) groups excluding carboxylic acids is 2. The molecule has 2 amide bonds. The fraction of sp³-hybridized carbons (Fsp3) is 0.529. The van der Waals surface area contributed by atoms with Crippen LogP contribution in [-0.2, 0) is 11.2 Å². The lowest BCUT2D eigenvalue weighted by Crippen LogP contribution is -2.39. The van der Waals surface area contributed by atoms with Gasteiger partial charge in [0.05, 0.1) is 6.42 Å². The molecule has 0 aliphatic carbocycles. The van der Waals surface area contributed by atoms with E-state index in [1.165, 1.54) is 0 Å². The van der Waals surface area contributed by atoms with E-state index in [1.54, 1.807) is 0 Å². The maximum absolute atomic E-state index is 12.7. The van der Waals surface area contributed by atoms with E-state index in [4.69, 9.17) is 0 Å². The van der Waals surface area contributed by atoms with Gasteiger partial charge in [0.15, 0.2) is 0 Å². The molecule has 0 aromatic heterocycles. The molecule has 1 aliphatic heterocycles. The van der Waals surface area contributed by atoms with Crippen LogP contribution in [0.15, 0.2) is 18.2 Å². The number of carbonyl (C=O) groups is 2. The first-order valence-electron chi connectivity index (χ1n) is 7.80. The van der Waals surface area contributed by atoms with Crippen molar-refractivity contribution < 1.29 is 9.59 Å². The highest BCUT2D eigenvalue weighted by atomic mass is 16.2. The molecule has 0 bridgehead atoms. The summed E-state index contributed by atoms with van der Waals surface area (Å²) in [5.41, 5.74) is 2.41. The Kier molecular flexibility index (Phi) is 4.99. The highest BCUT2D eigenvalue weighted by Crippen LogP contribution is 2.25. The summed E-state index contributed by atoms with van der Waals surface area (Å²) in [5.74, 6) is 0.0566. The molecule has 1 unspecified atom stereocenters. The molecule has 0 saturated carbocycles. The van der Waals surface area contributed by atoms with E-state index in [2.05, 4.69) is 26.1 Å². The molecular weight excluding hydrogens is 264 g/mol. The van der Waals surface area contributed by atoms with Gasteiger partial charge in [-0.05, 0) is 37.5 Å². The fourth-order valence-corrected chi connectivity index (χ4v) is 2.58. The summed E-state index contributed by atoms with van der Waals surface area (Å²) in [4.78, 5) is 26.1. The molecule has 2 rings (SSSR count). The minimum Gasteiger partial charge on any atom is -0.336 e. The number of amides is 2. The summed E-state index contributed by atoms with van der Waals surface area (Å²) in [6.45, 7) is 7.10. The minimum absolute atomic E-state index is 0.000589. The molecule has 1 aromatic rings. The number of nitrogens with one attached hydrogen (secondary N) is 1. The predicted molar refractivity (Wildman–Crippen MR) is 84.5 cm³/mol. The molecule has 1 aromatic carbocycles. The van der Waals surface area contributed by atoms with Crippen molar-refractivity contribution in [1.29, 1.82) is 0 Å². The van der Waals surface area contributed by atoms with Gasteiger partial charge in [0.25, 0.3) is 5.91 Å². The van der Waals surface area contributed by atoms with Crippen molar-refractivity contribution in [2.75, 3.05) is 11.9 Å². The number of unbranched alkanes of at least 4 members (excludes halogenated alkanes) is 1. The minimum atomic E-state index is -0.000589. The third kappa shape index (κ3) is 3.43. The molecule has 1 heterocycles. The van der Waals surface area contributed by atoms with Gasteiger partial charge in [0, 0.05) is 23.8 Å². The highest BCUT2D eigenvalue weighted by Gasteiger charge is 2.23. The van der Waals surface area contributed by atoms with Crippen molar-refractivity contribution in [2.45, 2.75) is 52.5 Å². The van der Waals surface area contributed by atoms with Crippen LogP contribution in [0.2, 0.25) is 0 Å². The second kappa shape index (κ2) is 6.74. The maximum Gasteiger partial charge on any atom is 0.254 e. The third-order valence-electron chi connectivity index (χ3n) is 4.12. The van der Waals surface area contributed by atoms with Gasteiger partial charge in [-0.15, -0.1) is 0 Å². The third-order valence-corrected chi connectivity index (χ3v) is 4.12. The SMILES string of the molecule is CCCCN(C(=O)c1ccc2c(c1)NC(=O)C2)C(C)CC. The normalized spacial score (nSPS) is 14.5. The molecule has 0 saturated heterocycles. The topological polar surface area (TPSA) is 49.4 Å². The van der Waals surface area contributed by atoms with E-state index in [-0.39, 0.29) is 17.9 Å². The smallest absolute Gasteiger partial charge is 0.254 e. The molecule has 1 atom stereocenters. The Bertz CT molecular complexity index is 540. The van der Waals surface area contributed by atoms with Crippen LogP contribution in [0.5, 0.6) is 0 Å². The highest BCUT2D eigenvalue weighted by molar-refractivity contribution is 6.02. The van der Waals surface area contributed by atoms with Crippen LogP contribution in [0.3, 0.4) is 0 Å². The van der Waals surface area contributed by atoms with Crippen molar-refractivity contribution in [3.8, 4) is 0 Å². The van der Waals surface area contributed by atoms with Crippen LogP contribution in [-0.4, -0.2) is 29.3 Å². The van der Waals surface area contributed by atoms with Gasteiger partial charge in [-0.3, -0.25) is 9.59 Å². The second-order valence-electron chi connectivity index (χ2n) is 5.71. The molecule has 114 valence electrons. The number of fused-ring (bicyclic) bond motifs is 1. The van der Waals surface area contributed by atoms with E-state index < -0.39 is 0 Å². The number of anilines is 1. The summed E-state index contributed by atoms with van der Waals surface area (Å²) in [6.07, 6.45) is 3.43. The Hall–Kier alpha value is -1.84. The van der Waals surface area contributed by atoms with Crippen molar-refractivity contribution in [3.05, 3.63) is 29.3 Å². The second-order valence-corrected chi connectivity index (χ2v) is 5.71. The number of rotatable bonds is 6. The van der Waals surface area contributed by atoms with Gasteiger partial charge in [-0.1, -0.05) is 26.3 Å². The molecule has 1 N–H and O–H groups in total. The largest absolute Gasteiger partial charge is 0.336 e. The summed E-state index contributed by atoms with van der Waals surface area (Å²) in [7, 11) is 0. The summed E-state index contributed by atoms with van der Waals surface area (Å²) < 4.78 is 0. The monoisotopic (exact) mass is 288 g/mol. The molecule has 4 nitrogen and oxygen atoms in total. The Morgan fingerprint density at radius 2 is 2.14 bits per heavy atom. The van der Waals surface area contributed by atoms with Crippen molar-refractivity contribution >= 4 is 17.5 Å². The fourth-order valence-electron chi connectivity index (χ4n) is 2.58. The lowest BCUT2D eigenvalue weighted by Gasteiger charge is -2.29. The van der Waals surface area contributed by atoms with Crippen molar-refractivity contribution in [2.24, 2.45) is 0 Å². The zero-order chi connectivity index (χ0) is 15.4. The molecule has 21 heavy (non-hydrogen) atoms. The Morgan fingerprint density at radius 3 is 2.81 bits per heavy atom. The van der Waals surface area contributed by atoms with Crippen LogP contribution in [0, 0.1) is 0 Å². The van der Waals surface area contributed by atoms with Crippen LogP contribution >= 0.6 is 0 Å². The quantitative estimate of drug-likeness (QED) is 0.873. The average molecular weight is 288 g/mol. The lowest BCUT2D eigenvalue weighted by molar-refractivity contribution is -0.115. The van der Waals surface area contributed by atoms with Crippen LogP contribution in [0.1, 0.15) is 56.0 Å². The average Bonchev–Trinajstić information content (AvgIpc) is 2.85. The van der Waals surface area contributed by atoms with E-state index in [1.807, 2.05) is 23.1 Å². The van der Waals surface area contributed by atoms with Gasteiger partial charge in [-0.2, -0.15) is 0 Å². The first-order chi connectivity index (χ1) is 10.1. The van der Waals surface area contributed by atoms with Crippen LogP contribution in [0.25, 0.3) is 0 Å². The zero-order valence-electron chi connectivity index (χ0n) is 13.1. The van der Waals surface area contributed by atoms with Gasteiger partial charge in [0.2, 0.25) is 5.91 Å². The van der Waals surface area contributed by atoms with Gasteiger partial charge in [0.1, 0.15) is 0 Å².